The van der Waals surface area contributed by atoms with Crippen LogP contribution < -0.4 is 9.47 Å². The van der Waals surface area contributed by atoms with E-state index in [0.717, 1.165) is 37.7 Å². The largest absolute Gasteiger partial charge is 0.492 e. The number of benzene rings is 2. The highest BCUT2D eigenvalue weighted by atomic mass is 16.6. The number of aliphatic carboxylic acids is 1. The summed E-state index contributed by atoms with van der Waals surface area (Å²) in [7, 11) is 0. The lowest BCUT2D eigenvalue weighted by atomic mass is 10.1. The molecule has 1 amide bonds. The van der Waals surface area contributed by atoms with Crippen LogP contribution in [0.3, 0.4) is 0 Å². The second-order valence-electron chi connectivity index (χ2n) is 9.31. The summed E-state index contributed by atoms with van der Waals surface area (Å²) >= 11 is 0. The molecule has 1 unspecified atom stereocenters. The topological polar surface area (TPSA) is 128 Å². The Kier molecular flexibility index (Phi) is 13.8. The van der Waals surface area contributed by atoms with E-state index in [0.29, 0.717) is 24.5 Å². The molecular formula is C29H40N2O8. The molecule has 0 spiro atoms. The fourth-order valence-corrected chi connectivity index (χ4v) is 4.02. The number of hydrogen-bond donors (Lipinski definition) is 1. The highest BCUT2D eigenvalue weighted by Crippen LogP contribution is 2.24. The molecule has 10 heteroatoms. The van der Waals surface area contributed by atoms with E-state index < -0.39 is 23.1 Å². The van der Waals surface area contributed by atoms with E-state index in [1.807, 2.05) is 0 Å². The lowest BCUT2D eigenvalue weighted by Gasteiger charge is -2.22. The van der Waals surface area contributed by atoms with Crippen molar-refractivity contribution in [2.75, 3.05) is 26.3 Å². The van der Waals surface area contributed by atoms with Gasteiger partial charge in [0.25, 0.3) is 5.69 Å². The normalized spacial score (nSPS) is 11.6. The number of carbonyl (C=O) groups excluding carboxylic acids is 1. The minimum Gasteiger partial charge on any atom is -0.492 e. The van der Waals surface area contributed by atoms with Crippen LogP contribution in [-0.4, -0.2) is 59.4 Å². The SMILES string of the molecule is CCCCCCCCN(CCOc1ccc(CC(OCC)C(=O)O)cc1)C(=O)Oc1ccc(C)c([N+](=O)[O-])c1. The number of carboxylic acid groups (broad SMARTS) is 1. The van der Waals surface area contributed by atoms with Crippen molar-refractivity contribution in [1.82, 2.24) is 4.90 Å². The van der Waals surface area contributed by atoms with Crippen molar-refractivity contribution in [3.63, 3.8) is 0 Å². The maximum Gasteiger partial charge on any atom is 0.415 e. The number of carbonyl (C=O) groups is 2. The summed E-state index contributed by atoms with van der Waals surface area (Å²) in [5.41, 5.74) is 1.19. The van der Waals surface area contributed by atoms with Crippen LogP contribution in [0, 0.1) is 17.0 Å². The Bertz CT molecular complexity index is 1060. The van der Waals surface area contributed by atoms with Crippen LogP contribution in [-0.2, 0) is 16.0 Å². The van der Waals surface area contributed by atoms with Crippen LogP contribution in [0.4, 0.5) is 10.5 Å². The van der Waals surface area contributed by atoms with Gasteiger partial charge >= 0.3 is 12.1 Å². The zero-order valence-electron chi connectivity index (χ0n) is 23.1. The predicted molar refractivity (Wildman–Crippen MR) is 147 cm³/mol. The first-order valence-corrected chi connectivity index (χ1v) is 13.5. The summed E-state index contributed by atoms with van der Waals surface area (Å²) in [5, 5.41) is 20.5. The molecule has 0 aliphatic carbocycles. The Morgan fingerprint density at radius 2 is 1.64 bits per heavy atom. The molecule has 0 radical (unpaired) electrons. The summed E-state index contributed by atoms with van der Waals surface area (Å²) in [4.78, 5) is 36.6. The molecule has 0 heterocycles. The van der Waals surface area contributed by atoms with Crippen molar-refractivity contribution in [1.29, 1.82) is 0 Å². The van der Waals surface area contributed by atoms with E-state index in [9.17, 15) is 24.8 Å². The predicted octanol–water partition coefficient (Wildman–Crippen LogP) is 6.18. The van der Waals surface area contributed by atoms with Crippen LogP contribution >= 0.6 is 0 Å². The van der Waals surface area contributed by atoms with Gasteiger partial charge in [-0.25, -0.2) is 9.59 Å². The Morgan fingerprint density at radius 3 is 2.28 bits per heavy atom. The third kappa shape index (κ3) is 11.3. The highest BCUT2D eigenvalue weighted by molar-refractivity contribution is 5.72. The lowest BCUT2D eigenvalue weighted by Crippen LogP contribution is -2.37. The first kappa shape index (κ1) is 31.6. The van der Waals surface area contributed by atoms with Gasteiger partial charge in [0.2, 0.25) is 0 Å². The van der Waals surface area contributed by atoms with Crippen LogP contribution in [0.2, 0.25) is 0 Å². The van der Waals surface area contributed by atoms with Gasteiger partial charge in [0, 0.05) is 25.1 Å². The molecule has 0 fully saturated rings. The molecule has 1 N–H and O–H groups in total. The maximum atomic E-state index is 13.0. The van der Waals surface area contributed by atoms with Crippen molar-refractivity contribution in [3.05, 3.63) is 63.7 Å². The van der Waals surface area contributed by atoms with E-state index >= 15 is 0 Å². The minimum absolute atomic E-state index is 0.106. The molecule has 2 aromatic carbocycles. The summed E-state index contributed by atoms with van der Waals surface area (Å²) in [6.45, 7) is 6.83. The van der Waals surface area contributed by atoms with Gasteiger partial charge in [0.05, 0.1) is 17.5 Å². The third-order valence-corrected chi connectivity index (χ3v) is 6.24. The van der Waals surface area contributed by atoms with Crippen molar-refractivity contribution in [2.24, 2.45) is 0 Å². The summed E-state index contributed by atoms with van der Waals surface area (Å²) in [6, 6.07) is 11.4. The second-order valence-corrected chi connectivity index (χ2v) is 9.31. The number of nitro groups is 1. The lowest BCUT2D eigenvalue weighted by molar-refractivity contribution is -0.385. The molecule has 2 rings (SSSR count). The number of carboxylic acids is 1. The Morgan fingerprint density at radius 1 is 0.974 bits per heavy atom. The van der Waals surface area contributed by atoms with Gasteiger partial charge in [-0.15, -0.1) is 0 Å². The molecule has 0 saturated carbocycles. The smallest absolute Gasteiger partial charge is 0.415 e. The average molecular weight is 545 g/mol. The number of unbranched alkanes of at least 4 members (excludes halogenated alkanes) is 5. The number of rotatable bonds is 18. The quantitative estimate of drug-likeness (QED) is 0.134. The second kappa shape index (κ2) is 17.0. The van der Waals surface area contributed by atoms with Gasteiger partial charge in [-0.3, -0.25) is 10.1 Å². The number of aryl methyl sites for hydroxylation is 1. The fraction of sp³-hybridized carbons (Fsp3) is 0.517. The van der Waals surface area contributed by atoms with Gasteiger partial charge in [0.15, 0.2) is 6.10 Å². The molecule has 0 saturated heterocycles. The summed E-state index contributed by atoms with van der Waals surface area (Å²) in [5.74, 6) is -0.299. The molecule has 2 aromatic rings. The molecular weight excluding hydrogens is 504 g/mol. The first-order valence-electron chi connectivity index (χ1n) is 13.5. The molecule has 0 bridgehead atoms. The standard InChI is InChI=1S/C29H40N2O8/c1-4-6-7-8-9-10-17-30(29(34)39-25-14-11-22(3)26(21-25)31(35)36)18-19-38-24-15-12-23(13-16-24)20-27(28(32)33)37-5-2/h11-16,21,27H,4-10,17-20H2,1-3H3,(H,32,33). The zero-order valence-corrected chi connectivity index (χ0v) is 23.1. The molecule has 1 atom stereocenters. The van der Waals surface area contributed by atoms with Crippen molar-refractivity contribution in [3.8, 4) is 11.5 Å². The summed E-state index contributed by atoms with van der Waals surface area (Å²) in [6.07, 6.45) is 5.15. The monoisotopic (exact) mass is 544 g/mol. The van der Waals surface area contributed by atoms with E-state index in [1.165, 1.54) is 12.5 Å². The molecule has 0 aliphatic heterocycles. The number of hydrogen-bond acceptors (Lipinski definition) is 7. The van der Waals surface area contributed by atoms with Crippen LogP contribution in [0.15, 0.2) is 42.5 Å². The van der Waals surface area contributed by atoms with Crippen LogP contribution in [0.1, 0.15) is 63.5 Å². The zero-order chi connectivity index (χ0) is 28.6. The van der Waals surface area contributed by atoms with Gasteiger partial charge in [-0.05, 0) is 50.1 Å². The number of nitro benzene ring substituents is 1. The molecule has 39 heavy (non-hydrogen) atoms. The van der Waals surface area contributed by atoms with Gasteiger partial charge in [-0.2, -0.15) is 0 Å². The maximum absolute atomic E-state index is 13.0. The van der Waals surface area contributed by atoms with E-state index in [2.05, 4.69) is 6.92 Å². The van der Waals surface area contributed by atoms with Crippen molar-refractivity contribution in [2.45, 2.75) is 71.8 Å². The van der Waals surface area contributed by atoms with E-state index in [4.69, 9.17) is 14.2 Å². The Labute approximate surface area is 230 Å². The van der Waals surface area contributed by atoms with Crippen molar-refractivity contribution < 1.29 is 33.8 Å². The summed E-state index contributed by atoms with van der Waals surface area (Å²) < 4.78 is 16.6. The minimum atomic E-state index is -1.00. The number of nitrogens with zero attached hydrogens (tertiary/aromatic N) is 2. The van der Waals surface area contributed by atoms with Crippen LogP contribution in [0.5, 0.6) is 11.5 Å². The van der Waals surface area contributed by atoms with E-state index in [-0.39, 0.29) is 31.0 Å². The third-order valence-electron chi connectivity index (χ3n) is 6.24. The van der Waals surface area contributed by atoms with Gasteiger partial charge in [-0.1, -0.05) is 51.2 Å². The Hall–Kier alpha value is -3.66. The van der Waals surface area contributed by atoms with Gasteiger partial charge < -0.3 is 24.2 Å². The Balaban J connectivity index is 1.97. The first-order chi connectivity index (χ1) is 18.7. The average Bonchev–Trinajstić information content (AvgIpc) is 2.91. The van der Waals surface area contributed by atoms with Crippen LogP contribution in [0.25, 0.3) is 0 Å². The molecule has 214 valence electrons. The van der Waals surface area contributed by atoms with Gasteiger partial charge in [0.1, 0.15) is 18.1 Å². The molecule has 10 nitrogen and oxygen atoms in total. The number of ether oxygens (including phenoxy) is 3. The molecule has 0 aliphatic rings. The van der Waals surface area contributed by atoms with E-state index in [1.54, 1.807) is 55.1 Å². The number of amides is 1. The van der Waals surface area contributed by atoms with Crippen molar-refractivity contribution >= 4 is 17.7 Å². The fourth-order valence-electron chi connectivity index (χ4n) is 4.02. The molecule has 0 aromatic heterocycles. The highest BCUT2D eigenvalue weighted by Gasteiger charge is 2.20.